The molecule has 0 fully saturated rings. The van der Waals surface area contributed by atoms with Gasteiger partial charge in [0.05, 0.1) is 32.0 Å². The van der Waals surface area contributed by atoms with Crippen LogP contribution in [0.25, 0.3) is 0 Å². The molecule has 0 aliphatic carbocycles. The highest BCUT2D eigenvalue weighted by atomic mass is 16.6. The van der Waals surface area contributed by atoms with Crippen molar-refractivity contribution in [1.82, 2.24) is 0 Å². The fourth-order valence-electron chi connectivity index (χ4n) is 1.60. The van der Waals surface area contributed by atoms with Gasteiger partial charge in [0.15, 0.2) is 0 Å². The summed E-state index contributed by atoms with van der Waals surface area (Å²) in [5.74, 6) is -0.377. The van der Waals surface area contributed by atoms with Gasteiger partial charge in [-0.1, -0.05) is 13.5 Å². The van der Waals surface area contributed by atoms with Gasteiger partial charge in [-0.3, -0.25) is 0 Å². The second-order valence-corrected chi connectivity index (χ2v) is 4.73. The van der Waals surface area contributed by atoms with Gasteiger partial charge in [-0.15, -0.1) is 0 Å². The first-order chi connectivity index (χ1) is 9.51. The lowest BCUT2D eigenvalue weighted by atomic mass is 10.1. The van der Waals surface area contributed by atoms with E-state index in [-0.39, 0.29) is 24.8 Å². The van der Waals surface area contributed by atoms with Gasteiger partial charge in [-0.2, -0.15) is 0 Å². The van der Waals surface area contributed by atoms with Crippen molar-refractivity contribution >= 4 is 5.97 Å². The van der Waals surface area contributed by atoms with Gasteiger partial charge < -0.3 is 18.9 Å². The summed E-state index contributed by atoms with van der Waals surface area (Å²) in [5, 5.41) is 0. The van der Waals surface area contributed by atoms with Crippen LogP contribution in [0.2, 0.25) is 0 Å². The predicted octanol–water partition coefficient (Wildman–Crippen LogP) is 2.34. The molecule has 5 nitrogen and oxygen atoms in total. The molecule has 0 aromatic carbocycles. The van der Waals surface area contributed by atoms with Gasteiger partial charge in [-0.25, -0.2) is 4.79 Å². The van der Waals surface area contributed by atoms with Crippen molar-refractivity contribution in [3.05, 3.63) is 12.2 Å². The Morgan fingerprint density at radius 3 is 2.35 bits per heavy atom. The van der Waals surface area contributed by atoms with E-state index in [1.54, 1.807) is 14.0 Å². The summed E-state index contributed by atoms with van der Waals surface area (Å²) >= 11 is 0. The zero-order valence-electron chi connectivity index (χ0n) is 13.1. The van der Waals surface area contributed by atoms with E-state index in [4.69, 9.17) is 18.9 Å². The van der Waals surface area contributed by atoms with Crippen LogP contribution in [-0.2, 0) is 23.7 Å². The average Bonchev–Trinajstić information content (AvgIpc) is 2.41. The van der Waals surface area contributed by atoms with Gasteiger partial charge in [0, 0.05) is 12.7 Å². The minimum absolute atomic E-state index is 0.107. The normalized spacial score (nSPS) is 13.8. The van der Waals surface area contributed by atoms with E-state index in [0.717, 1.165) is 12.8 Å². The molecule has 0 N–H and O–H groups in total. The van der Waals surface area contributed by atoms with Crippen LogP contribution in [0, 0.1) is 0 Å². The molecule has 0 aliphatic rings. The van der Waals surface area contributed by atoms with E-state index in [2.05, 4.69) is 13.5 Å². The standard InChI is InChI=1S/C15H28O5/c1-6-14(11-13(4)18-8-7-17-5)19-9-10-20-15(16)12(2)3/h13-14H,2,6-11H2,1,3-5H3. The number of carbonyl (C=O) groups is 1. The summed E-state index contributed by atoms with van der Waals surface area (Å²) in [6, 6.07) is 0. The van der Waals surface area contributed by atoms with Crippen LogP contribution < -0.4 is 0 Å². The molecule has 0 saturated carbocycles. The van der Waals surface area contributed by atoms with E-state index < -0.39 is 0 Å². The topological polar surface area (TPSA) is 54.0 Å². The molecule has 2 atom stereocenters. The molecule has 0 rings (SSSR count). The van der Waals surface area contributed by atoms with Crippen LogP contribution in [-0.4, -0.2) is 51.7 Å². The molecule has 0 spiro atoms. The van der Waals surface area contributed by atoms with E-state index in [0.29, 0.717) is 25.4 Å². The van der Waals surface area contributed by atoms with Crippen LogP contribution in [0.5, 0.6) is 0 Å². The molecule has 0 bridgehead atoms. The average molecular weight is 288 g/mol. The summed E-state index contributed by atoms with van der Waals surface area (Å²) in [6.07, 6.45) is 1.94. The predicted molar refractivity (Wildman–Crippen MR) is 77.7 cm³/mol. The maximum atomic E-state index is 11.2. The van der Waals surface area contributed by atoms with E-state index in [9.17, 15) is 4.79 Å². The van der Waals surface area contributed by atoms with Crippen molar-refractivity contribution in [3.63, 3.8) is 0 Å². The van der Waals surface area contributed by atoms with E-state index in [1.165, 1.54) is 0 Å². The summed E-state index contributed by atoms with van der Waals surface area (Å²) < 4.78 is 21.2. The molecule has 20 heavy (non-hydrogen) atoms. The fraction of sp³-hybridized carbons (Fsp3) is 0.800. The number of methoxy groups -OCH3 is 1. The van der Waals surface area contributed by atoms with Crippen LogP contribution in [0.15, 0.2) is 12.2 Å². The maximum absolute atomic E-state index is 11.2. The highest BCUT2D eigenvalue weighted by Gasteiger charge is 2.13. The first kappa shape index (κ1) is 19.1. The second-order valence-electron chi connectivity index (χ2n) is 4.73. The van der Waals surface area contributed by atoms with Crippen molar-refractivity contribution in [1.29, 1.82) is 0 Å². The number of carbonyl (C=O) groups excluding carboxylic acids is 1. The molecule has 5 heteroatoms. The molecular weight excluding hydrogens is 260 g/mol. The van der Waals surface area contributed by atoms with Gasteiger partial charge in [0.2, 0.25) is 0 Å². The van der Waals surface area contributed by atoms with Gasteiger partial charge >= 0.3 is 5.97 Å². The number of hydrogen-bond acceptors (Lipinski definition) is 5. The Hall–Kier alpha value is -0.910. The van der Waals surface area contributed by atoms with Crippen molar-refractivity contribution in [2.24, 2.45) is 0 Å². The van der Waals surface area contributed by atoms with Gasteiger partial charge in [-0.05, 0) is 26.7 Å². The first-order valence-corrected chi connectivity index (χ1v) is 7.06. The van der Waals surface area contributed by atoms with E-state index in [1.807, 2.05) is 6.92 Å². The molecule has 0 aromatic rings. The minimum Gasteiger partial charge on any atom is -0.460 e. The molecule has 0 heterocycles. The SMILES string of the molecule is C=C(C)C(=O)OCCOC(CC)CC(C)OCCOC. The fourth-order valence-corrected chi connectivity index (χ4v) is 1.60. The Balaban J connectivity index is 3.75. The lowest BCUT2D eigenvalue weighted by Gasteiger charge is -2.20. The third-order valence-electron chi connectivity index (χ3n) is 2.76. The summed E-state index contributed by atoms with van der Waals surface area (Å²) in [4.78, 5) is 11.2. The molecular formula is C15H28O5. The molecule has 0 saturated heterocycles. The number of hydrogen-bond donors (Lipinski definition) is 0. The smallest absolute Gasteiger partial charge is 0.333 e. The molecule has 0 aromatic heterocycles. The quantitative estimate of drug-likeness (QED) is 0.313. The van der Waals surface area contributed by atoms with Crippen molar-refractivity contribution in [3.8, 4) is 0 Å². The van der Waals surface area contributed by atoms with Crippen molar-refractivity contribution in [2.75, 3.05) is 33.5 Å². The van der Waals surface area contributed by atoms with Crippen LogP contribution in [0.3, 0.4) is 0 Å². The lowest BCUT2D eigenvalue weighted by molar-refractivity contribution is -0.141. The zero-order valence-corrected chi connectivity index (χ0v) is 13.1. The highest BCUT2D eigenvalue weighted by molar-refractivity contribution is 5.86. The van der Waals surface area contributed by atoms with E-state index >= 15 is 0 Å². The molecule has 2 unspecified atom stereocenters. The van der Waals surface area contributed by atoms with Crippen LogP contribution in [0.4, 0.5) is 0 Å². The van der Waals surface area contributed by atoms with Crippen LogP contribution in [0.1, 0.15) is 33.6 Å². The molecule has 0 radical (unpaired) electrons. The summed E-state index contributed by atoms with van der Waals surface area (Å²) in [5.41, 5.74) is 0.400. The number of rotatable bonds is 12. The first-order valence-electron chi connectivity index (χ1n) is 7.06. The monoisotopic (exact) mass is 288 g/mol. The Morgan fingerprint density at radius 2 is 1.80 bits per heavy atom. The lowest BCUT2D eigenvalue weighted by Crippen LogP contribution is -2.23. The molecule has 0 aliphatic heterocycles. The Morgan fingerprint density at radius 1 is 1.15 bits per heavy atom. The van der Waals surface area contributed by atoms with Gasteiger partial charge in [0.1, 0.15) is 6.61 Å². The molecule has 118 valence electrons. The largest absolute Gasteiger partial charge is 0.460 e. The second kappa shape index (κ2) is 11.9. The third kappa shape index (κ3) is 9.95. The maximum Gasteiger partial charge on any atom is 0.333 e. The highest BCUT2D eigenvalue weighted by Crippen LogP contribution is 2.09. The van der Waals surface area contributed by atoms with Gasteiger partial charge in [0.25, 0.3) is 0 Å². The van der Waals surface area contributed by atoms with Crippen molar-refractivity contribution in [2.45, 2.75) is 45.8 Å². The minimum atomic E-state index is -0.377. The van der Waals surface area contributed by atoms with Crippen molar-refractivity contribution < 1.29 is 23.7 Å². The molecule has 0 amide bonds. The Bertz CT molecular complexity index is 277. The number of ether oxygens (including phenoxy) is 4. The zero-order chi connectivity index (χ0) is 15.4. The summed E-state index contributed by atoms with van der Waals surface area (Å²) in [7, 11) is 1.65. The Kier molecular flexibility index (Phi) is 11.3. The summed E-state index contributed by atoms with van der Waals surface area (Å²) in [6.45, 7) is 11.0. The van der Waals surface area contributed by atoms with Crippen LogP contribution >= 0.6 is 0 Å². The number of esters is 1. The third-order valence-corrected chi connectivity index (χ3v) is 2.76. The Labute approximate surface area is 122 Å².